The van der Waals surface area contributed by atoms with E-state index in [1.807, 2.05) is 0 Å². The molecule has 0 saturated heterocycles. The zero-order valence-electron chi connectivity index (χ0n) is 7.52. The molecule has 0 aromatic heterocycles. The Morgan fingerprint density at radius 2 is 2.27 bits per heavy atom. The van der Waals surface area contributed by atoms with Gasteiger partial charge in [-0.3, -0.25) is 0 Å². The molecule has 1 heteroatoms. The molecule has 0 amide bonds. The van der Waals surface area contributed by atoms with Gasteiger partial charge in [-0.2, -0.15) is 5.26 Å². The Labute approximate surface area is 68.7 Å². The van der Waals surface area contributed by atoms with Crippen molar-refractivity contribution in [2.75, 3.05) is 0 Å². The zero-order chi connectivity index (χ0) is 8.48. The van der Waals surface area contributed by atoms with Gasteiger partial charge in [0.15, 0.2) is 0 Å². The van der Waals surface area contributed by atoms with E-state index in [0.717, 1.165) is 12.8 Å². The van der Waals surface area contributed by atoms with Crippen LogP contribution in [0.1, 0.15) is 33.6 Å². The van der Waals surface area contributed by atoms with E-state index in [-0.39, 0.29) is 11.3 Å². The summed E-state index contributed by atoms with van der Waals surface area (Å²) in [5.41, 5.74) is 1.44. The second-order valence-electron chi connectivity index (χ2n) is 4.04. The highest BCUT2D eigenvalue weighted by atomic mass is 14.4. The Morgan fingerprint density at radius 3 is 2.64 bits per heavy atom. The van der Waals surface area contributed by atoms with Gasteiger partial charge in [-0.1, -0.05) is 25.5 Å². The van der Waals surface area contributed by atoms with E-state index >= 15 is 0 Å². The lowest BCUT2D eigenvalue weighted by molar-refractivity contribution is 0.261. The molecule has 60 valence electrons. The molecule has 0 spiro atoms. The largest absolute Gasteiger partial charge is 0.198 e. The lowest BCUT2D eigenvalue weighted by Crippen LogP contribution is -2.26. The molecule has 0 N–H and O–H groups in total. The van der Waals surface area contributed by atoms with Gasteiger partial charge in [0.05, 0.1) is 12.0 Å². The van der Waals surface area contributed by atoms with Crippen LogP contribution < -0.4 is 0 Å². The summed E-state index contributed by atoms with van der Waals surface area (Å²) in [7, 11) is 0. The normalized spacial score (nSPS) is 28.9. The number of nitrogens with zero attached hydrogens (tertiary/aromatic N) is 1. The standard InChI is InChI=1S/C10H15N/c1-8-5-4-6-10(2,3)9(8)7-11/h5,9H,4,6H2,1-3H3. The van der Waals surface area contributed by atoms with Gasteiger partial charge in [-0.05, 0) is 25.2 Å². The smallest absolute Gasteiger partial charge is 0.0721 e. The molecule has 1 atom stereocenters. The van der Waals surface area contributed by atoms with Crippen LogP contribution in [-0.2, 0) is 0 Å². The number of hydrogen-bond donors (Lipinski definition) is 0. The maximum Gasteiger partial charge on any atom is 0.0721 e. The Kier molecular flexibility index (Phi) is 2.04. The zero-order valence-corrected chi connectivity index (χ0v) is 7.52. The van der Waals surface area contributed by atoms with Crippen molar-refractivity contribution in [2.45, 2.75) is 33.6 Å². The number of nitriles is 1. The summed E-state index contributed by atoms with van der Waals surface area (Å²) >= 11 is 0. The van der Waals surface area contributed by atoms with Crippen molar-refractivity contribution in [3.8, 4) is 6.07 Å². The van der Waals surface area contributed by atoms with Gasteiger partial charge in [0.1, 0.15) is 0 Å². The molecular formula is C10H15N. The average Bonchev–Trinajstić information content (AvgIpc) is 1.86. The first kappa shape index (κ1) is 8.33. The summed E-state index contributed by atoms with van der Waals surface area (Å²) in [5, 5.41) is 8.91. The summed E-state index contributed by atoms with van der Waals surface area (Å²) < 4.78 is 0. The van der Waals surface area contributed by atoms with E-state index in [2.05, 4.69) is 32.9 Å². The topological polar surface area (TPSA) is 23.8 Å². The fourth-order valence-corrected chi connectivity index (χ4v) is 1.83. The summed E-state index contributed by atoms with van der Waals surface area (Å²) in [6.45, 7) is 6.42. The van der Waals surface area contributed by atoms with Crippen molar-refractivity contribution in [3.05, 3.63) is 11.6 Å². The minimum atomic E-state index is 0.135. The molecule has 11 heavy (non-hydrogen) atoms. The Hall–Kier alpha value is -0.770. The summed E-state index contributed by atoms with van der Waals surface area (Å²) in [4.78, 5) is 0. The van der Waals surface area contributed by atoms with Crippen LogP contribution in [0.5, 0.6) is 0 Å². The maximum absolute atomic E-state index is 8.91. The van der Waals surface area contributed by atoms with E-state index in [4.69, 9.17) is 5.26 Å². The highest BCUT2D eigenvalue weighted by Gasteiger charge is 2.32. The number of allylic oxidation sites excluding steroid dienone is 2. The molecule has 1 unspecified atom stereocenters. The Morgan fingerprint density at radius 1 is 1.64 bits per heavy atom. The van der Waals surface area contributed by atoms with Crippen LogP contribution in [0.3, 0.4) is 0 Å². The van der Waals surface area contributed by atoms with Crippen molar-refractivity contribution >= 4 is 0 Å². The summed E-state index contributed by atoms with van der Waals surface area (Å²) in [6.07, 6.45) is 4.47. The first-order valence-corrected chi connectivity index (χ1v) is 4.14. The van der Waals surface area contributed by atoms with Gasteiger partial charge in [-0.25, -0.2) is 0 Å². The molecule has 0 fully saturated rings. The van der Waals surface area contributed by atoms with Crippen LogP contribution in [0, 0.1) is 22.7 Å². The molecule has 0 heterocycles. The van der Waals surface area contributed by atoms with Gasteiger partial charge in [-0.15, -0.1) is 0 Å². The monoisotopic (exact) mass is 149 g/mol. The van der Waals surface area contributed by atoms with E-state index in [0.29, 0.717) is 0 Å². The fraction of sp³-hybridized carbons (Fsp3) is 0.700. The first-order valence-electron chi connectivity index (χ1n) is 4.14. The fourth-order valence-electron chi connectivity index (χ4n) is 1.83. The molecule has 0 saturated carbocycles. The van der Waals surface area contributed by atoms with Gasteiger partial charge in [0.2, 0.25) is 0 Å². The molecule has 0 bridgehead atoms. The predicted octanol–water partition coefficient (Wildman–Crippen LogP) is 2.89. The molecule has 0 aliphatic heterocycles. The first-order chi connectivity index (χ1) is 5.08. The van der Waals surface area contributed by atoms with Crippen molar-refractivity contribution in [1.82, 2.24) is 0 Å². The molecule has 1 nitrogen and oxygen atoms in total. The van der Waals surface area contributed by atoms with Crippen molar-refractivity contribution in [1.29, 1.82) is 5.26 Å². The van der Waals surface area contributed by atoms with Crippen LogP contribution in [0.15, 0.2) is 11.6 Å². The molecule has 0 aromatic rings. The van der Waals surface area contributed by atoms with Crippen molar-refractivity contribution in [2.24, 2.45) is 11.3 Å². The SMILES string of the molecule is CC1=CCCC(C)(C)C1C#N. The Bertz CT molecular complexity index is 218. The second-order valence-corrected chi connectivity index (χ2v) is 4.04. The molecule has 1 aliphatic carbocycles. The van der Waals surface area contributed by atoms with E-state index in [9.17, 15) is 0 Å². The van der Waals surface area contributed by atoms with E-state index in [1.54, 1.807) is 0 Å². The molecule has 0 radical (unpaired) electrons. The van der Waals surface area contributed by atoms with Gasteiger partial charge in [0.25, 0.3) is 0 Å². The molecule has 0 aromatic carbocycles. The van der Waals surface area contributed by atoms with Crippen LogP contribution in [-0.4, -0.2) is 0 Å². The van der Waals surface area contributed by atoms with Crippen molar-refractivity contribution in [3.63, 3.8) is 0 Å². The minimum Gasteiger partial charge on any atom is -0.198 e. The van der Waals surface area contributed by atoms with Crippen LogP contribution >= 0.6 is 0 Å². The van der Waals surface area contributed by atoms with Gasteiger partial charge < -0.3 is 0 Å². The highest BCUT2D eigenvalue weighted by molar-refractivity contribution is 5.19. The third kappa shape index (κ3) is 1.45. The van der Waals surface area contributed by atoms with Gasteiger partial charge in [0, 0.05) is 0 Å². The maximum atomic E-state index is 8.91. The molecule has 1 rings (SSSR count). The number of rotatable bonds is 0. The van der Waals surface area contributed by atoms with Crippen LogP contribution in [0.4, 0.5) is 0 Å². The quantitative estimate of drug-likeness (QED) is 0.486. The van der Waals surface area contributed by atoms with Crippen LogP contribution in [0.25, 0.3) is 0 Å². The second kappa shape index (κ2) is 2.70. The third-order valence-electron chi connectivity index (χ3n) is 2.62. The van der Waals surface area contributed by atoms with E-state index in [1.165, 1.54) is 5.57 Å². The lowest BCUT2D eigenvalue weighted by Gasteiger charge is -2.33. The minimum absolute atomic E-state index is 0.135. The summed E-state index contributed by atoms with van der Waals surface area (Å²) in [5.74, 6) is 0.135. The molecular weight excluding hydrogens is 134 g/mol. The summed E-state index contributed by atoms with van der Waals surface area (Å²) in [6, 6.07) is 2.38. The van der Waals surface area contributed by atoms with Crippen LogP contribution in [0.2, 0.25) is 0 Å². The Balaban J connectivity index is 2.91. The highest BCUT2D eigenvalue weighted by Crippen LogP contribution is 2.39. The third-order valence-corrected chi connectivity index (χ3v) is 2.62. The van der Waals surface area contributed by atoms with Crippen molar-refractivity contribution < 1.29 is 0 Å². The number of hydrogen-bond acceptors (Lipinski definition) is 1. The average molecular weight is 149 g/mol. The lowest BCUT2D eigenvalue weighted by atomic mass is 9.69. The van der Waals surface area contributed by atoms with E-state index < -0.39 is 0 Å². The predicted molar refractivity (Wildman–Crippen MR) is 45.9 cm³/mol. The van der Waals surface area contributed by atoms with Gasteiger partial charge >= 0.3 is 0 Å². The molecule has 1 aliphatic rings.